The molecule has 0 radical (unpaired) electrons. The van der Waals surface area contributed by atoms with Crippen molar-refractivity contribution in [3.05, 3.63) is 29.8 Å². The molecule has 0 aliphatic heterocycles. The number of para-hydroxylation sites is 1. The van der Waals surface area contributed by atoms with Crippen LogP contribution in [0.3, 0.4) is 0 Å². The molecule has 0 saturated heterocycles. The number of ether oxygens (including phenoxy) is 1. The average Bonchev–Trinajstić information content (AvgIpc) is 3.20. The number of anilines is 1. The van der Waals surface area contributed by atoms with Crippen molar-refractivity contribution in [2.75, 3.05) is 25.1 Å². The number of amides is 2. The van der Waals surface area contributed by atoms with Gasteiger partial charge in [-0.15, -0.1) is 0 Å². The molecule has 104 valence electrons. The summed E-state index contributed by atoms with van der Waals surface area (Å²) in [5.74, 6) is 0.803. The van der Waals surface area contributed by atoms with Crippen molar-refractivity contribution < 1.29 is 9.53 Å². The first kappa shape index (κ1) is 13.9. The Bertz CT molecular complexity index is 416. The Morgan fingerprint density at radius 2 is 2.16 bits per heavy atom. The van der Waals surface area contributed by atoms with Crippen LogP contribution in [0.15, 0.2) is 24.3 Å². The molecule has 0 unspecified atom stereocenters. The van der Waals surface area contributed by atoms with Crippen LogP contribution in [0, 0.1) is 12.8 Å². The van der Waals surface area contributed by atoms with Crippen LogP contribution in [0.5, 0.6) is 0 Å². The predicted molar refractivity (Wildman–Crippen MR) is 76.4 cm³/mol. The van der Waals surface area contributed by atoms with Gasteiger partial charge in [-0.25, -0.2) is 4.79 Å². The maximum atomic E-state index is 11.7. The Balaban J connectivity index is 1.55. The second-order valence-electron chi connectivity index (χ2n) is 5.07. The van der Waals surface area contributed by atoms with Crippen LogP contribution in [0.4, 0.5) is 10.5 Å². The topological polar surface area (TPSA) is 50.4 Å². The first-order chi connectivity index (χ1) is 9.25. The third-order valence-electron chi connectivity index (χ3n) is 3.19. The Labute approximate surface area is 114 Å². The Hall–Kier alpha value is -1.55. The van der Waals surface area contributed by atoms with Crippen molar-refractivity contribution in [3.63, 3.8) is 0 Å². The molecule has 1 aromatic rings. The Kier molecular flexibility index (Phi) is 5.21. The lowest BCUT2D eigenvalue weighted by Crippen LogP contribution is -2.30. The lowest BCUT2D eigenvalue weighted by molar-refractivity contribution is 0.122. The van der Waals surface area contributed by atoms with E-state index in [1.807, 2.05) is 31.2 Å². The van der Waals surface area contributed by atoms with Crippen LogP contribution in [0.2, 0.25) is 0 Å². The van der Waals surface area contributed by atoms with E-state index < -0.39 is 0 Å². The normalized spacial score (nSPS) is 14.2. The molecule has 4 heteroatoms. The van der Waals surface area contributed by atoms with Crippen LogP contribution in [-0.2, 0) is 4.74 Å². The van der Waals surface area contributed by atoms with Gasteiger partial charge < -0.3 is 15.4 Å². The summed E-state index contributed by atoms with van der Waals surface area (Å²) in [6, 6.07) is 7.58. The molecule has 1 aliphatic rings. The quantitative estimate of drug-likeness (QED) is 0.742. The first-order valence-corrected chi connectivity index (χ1v) is 6.94. The molecular formula is C15H22N2O2. The van der Waals surface area contributed by atoms with Crippen molar-refractivity contribution in [1.82, 2.24) is 5.32 Å². The van der Waals surface area contributed by atoms with E-state index in [0.717, 1.165) is 36.8 Å². The molecule has 2 amide bonds. The van der Waals surface area contributed by atoms with Gasteiger partial charge in [0, 0.05) is 25.4 Å². The minimum Gasteiger partial charge on any atom is -0.381 e. The summed E-state index contributed by atoms with van der Waals surface area (Å²) in [4.78, 5) is 11.7. The third kappa shape index (κ3) is 5.30. The Morgan fingerprint density at radius 3 is 2.89 bits per heavy atom. The molecule has 0 bridgehead atoms. The van der Waals surface area contributed by atoms with Crippen molar-refractivity contribution in [1.29, 1.82) is 0 Å². The van der Waals surface area contributed by atoms with Crippen molar-refractivity contribution in [2.24, 2.45) is 5.92 Å². The van der Waals surface area contributed by atoms with Gasteiger partial charge in [0.2, 0.25) is 0 Å². The number of rotatable bonds is 7. The van der Waals surface area contributed by atoms with E-state index in [0.29, 0.717) is 6.54 Å². The van der Waals surface area contributed by atoms with Crippen LogP contribution >= 0.6 is 0 Å². The molecule has 2 N–H and O–H groups in total. The zero-order valence-corrected chi connectivity index (χ0v) is 11.4. The van der Waals surface area contributed by atoms with Gasteiger partial charge in [0.1, 0.15) is 0 Å². The van der Waals surface area contributed by atoms with Crippen molar-refractivity contribution in [3.8, 4) is 0 Å². The lowest BCUT2D eigenvalue weighted by atomic mass is 10.2. The average molecular weight is 262 g/mol. The minimum absolute atomic E-state index is 0.156. The number of aryl methyl sites for hydroxylation is 1. The molecule has 4 nitrogen and oxygen atoms in total. The number of benzene rings is 1. The van der Waals surface area contributed by atoms with E-state index >= 15 is 0 Å². The fourth-order valence-electron chi connectivity index (χ4n) is 1.79. The minimum atomic E-state index is -0.156. The second kappa shape index (κ2) is 7.14. The number of nitrogens with one attached hydrogen (secondary N) is 2. The highest BCUT2D eigenvalue weighted by Gasteiger charge is 2.20. The van der Waals surface area contributed by atoms with Crippen LogP contribution < -0.4 is 10.6 Å². The second-order valence-corrected chi connectivity index (χ2v) is 5.07. The monoisotopic (exact) mass is 262 g/mol. The lowest BCUT2D eigenvalue weighted by Gasteiger charge is -2.09. The van der Waals surface area contributed by atoms with Gasteiger partial charge in [-0.3, -0.25) is 0 Å². The molecule has 19 heavy (non-hydrogen) atoms. The summed E-state index contributed by atoms with van der Waals surface area (Å²) in [6.45, 7) is 4.22. The fraction of sp³-hybridized carbons (Fsp3) is 0.533. The molecule has 2 rings (SSSR count). The zero-order chi connectivity index (χ0) is 13.5. The number of hydrogen-bond donors (Lipinski definition) is 2. The third-order valence-corrected chi connectivity index (χ3v) is 3.19. The summed E-state index contributed by atoms with van der Waals surface area (Å²) in [5, 5.41) is 5.67. The van der Waals surface area contributed by atoms with E-state index in [9.17, 15) is 4.79 Å². The van der Waals surface area contributed by atoms with Crippen LogP contribution in [-0.4, -0.2) is 25.8 Å². The van der Waals surface area contributed by atoms with Gasteiger partial charge in [-0.1, -0.05) is 18.2 Å². The highest BCUT2D eigenvalue weighted by molar-refractivity contribution is 5.89. The maximum Gasteiger partial charge on any atom is 0.319 e. The summed E-state index contributed by atoms with van der Waals surface area (Å²) in [5.41, 5.74) is 1.91. The van der Waals surface area contributed by atoms with E-state index in [1.54, 1.807) is 0 Å². The van der Waals surface area contributed by atoms with Gasteiger partial charge in [0.25, 0.3) is 0 Å². The van der Waals surface area contributed by atoms with Gasteiger partial charge >= 0.3 is 6.03 Å². The molecule has 1 aromatic carbocycles. The number of carbonyl (C=O) groups excluding carboxylic acids is 1. The maximum absolute atomic E-state index is 11.7. The van der Waals surface area contributed by atoms with Crippen LogP contribution in [0.25, 0.3) is 0 Å². The molecular weight excluding hydrogens is 240 g/mol. The SMILES string of the molecule is Cc1ccccc1NC(=O)NCCCOCC1CC1. The standard InChI is InChI=1S/C15H22N2O2/c1-12-5-2-3-6-14(12)17-15(18)16-9-4-10-19-11-13-7-8-13/h2-3,5-6,13H,4,7-11H2,1H3,(H2,16,17,18). The van der Waals surface area contributed by atoms with E-state index in [-0.39, 0.29) is 6.03 Å². The Morgan fingerprint density at radius 1 is 1.37 bits per heavy atom. The van der Waals surface area contributed by atoms with Gasteiger partial charge in [-0.05, 0) is 43.7 Å². The van der Waals surface area contributed by atoms with E-state index in [4.69, 9.17) is 4.74 Å². The molecule has 1 saturated carbocycles. The predicted octanol–water partition coefficient (Wildman–Crippen LogP) is 2.93. The van der Waals surface area contributed by atoms with Crippen molar-refractivity contribution >= 4 is 11.7 Å². The number of hydrogen-bond acceptors (Lipinski definition) is 2. The summed E-state index contributed by atoms with van der Waals surface area (Å²) < 4.78 is 5.51. The van der Waals surface area contributed by atoms with Gasteiger partial charge in [-0.2, -0.15) is 0 Å². The molecule has 0 spiro atoms. The fourth-order valence-corrected chi connectivity index (χ4v) is 1.79. The van der Waals surface area contributed by atoms with E-state index in [2.05, 4.69) is 10.6 Å². The molecule has 0 atom stereocenters. The summed E-state index contributed by atoms with van der Waals surface area (Å²) in [7, 11) is 0. The number of urea groups is 1. The van der Waals surface area contributed by atoms with Gasteiger partial charge in [0.05, 0.1) is 0 Å². The first-order valence-electron chi connectivity index (χ1n) is 6.94. The highest BCUT2D eigenvalue weighted by atomic mass is 16.5. The van der Waals surface area contributed by atoms with Gasteiger partial charge in [0.15, 0.2) is 0 Å². The highest BCUT2D eigenvalue weighted by Crippen LogP contribution is 2.28. The largest absolute Gasteiger partial charge is 0.381 e. The zero-order valence-electron chi connectivity index (χ0n) is 11.4. The molecule has 1 fully saturated rings. The molecule has 1 aliphatic carbocycles. The van der Waals surface area contributed by atoms with Crippen LogP contribution in [0.1, 0.15) is 24.8 Å². The summed E-state index contributed by atoms with van der Waals surface area (Å²) in [6.07, 6.45) is 3.49. The number of carbonyl (C=O) groups is 1. The smallest absolute Gasteiger partial charge is 0.319 e. The summed E-state index contributed by atoms with van der Waals surface area (Å²) >= 11 is 0. The van der Waals surface area contributed by atoms with E-state index in [1.165, 1.54) is 12.8 Å². The molecule has 0 aromatic heterocycles. The van der Waals surface area contributed by atoms with Crippen molar-refractivity contribution in [2.45, 2.75) is 26.2 Å². The molecule has 0 heterocycles.